The number of halogens is 1. The molecule has 4 rings (SSSR count). The van der Waals surface area contributed by atoms with Gasteiger partial charge in [0.1, 0.15) is 11.6 Å². The number of oxime groups is 1. The molecule has 2 aliphatic heterocycles. The van der Waals surface area contributed by atoms with Gasteiger partial charge >= 0.3 is 0 Å². The van der Waals surface area contributed by atoms with E-state index in [-0.39, 0.29) is 17.0 Å². The lowest BCUT2D eigenvalue weighted by atomic mass is 9.87. The molecule has 0 radical (unpaired) electrons. The van der Waals surface area contributed by atoms with Gasteiger partial charge in [-0.25, -0.2) is 4.39 Å². The smallest absolute Gasteiger partial charge is 0.278 e. The number of ether oxygens (including phenoxy) is 1. The van der Waals surface area contributed by atoms with Crippen LogP contribution in [-0.4, -0.2) is 42.4 Å². The number of carbonyl (C=O) groups excluding carboxylic acids is 1. The summed E-state index contributed by atoms with van der Waals surface area (Å²) in [7, 11) is -0.774. The first-order valence-electron chi connectivity index (χ1n) is 9.58. The molecule has 2 heterocycles. The third kappa shape index (κ3) is 2.43. The molecule has 26 heavy (non-hydrogen) atoms. The van der Waals surface area contributed by atoms with Crippen LogP contribution in [0.15, 0.2) is 29.4 Å². The van der Waals surface area contributed by atoms with E-state index in [0.717, 1.165) is 23.7 Å². The lowest BCUT2D eigenvalue weighted by Gasteiger charge is -2.29. The SMILES string of the molecule is [3H]C([3H])([3H])Oc1ccc(F)cc1-c1cc2c(c3c1CCN(C)C3)NC(=O)/C2=N/O. The fraction of sp³-hybridized carbons (Fsp3) is 0.263. The van der Waals surface area contributed by atoms with E-state index in [2.05, 4.69) is 15.4 Å². The van der Waals surface area contributed by atoms with Gasteiger partial charge in [0.25, 0.3) is 5.91 Å². The van der Waals surface area contributed by atoms with Crippen LogP contribution >= 0.6 is 0 Å². The van der Waals surface area contributed by atoms with E-state index in [0.29, 0.717) is 29.8 Å². The maximum Gasteiger partial charge on any atom is 0.278 e. The van der Waals surface area contributed by atoms with E-state index in [4.69, 9.17) is 8.85 Å². The van der Waals surface area contributed by atoms with Crippen LogP contribution in [0.5, 0.6) is 5.75 Å². The molecule has 0 aromatic heterocycles. The van der Waals surface area contributed by atoms with E-state index in [9.17, 15) is 14.4 Å². The maximum atomic E-state index is 14.1. The molecule has 6 nitrogen and oxygen atoms in total. The van der Waals surface area contributed by atoms with Crippen LogP contribution in [0.3, 0.4) is 0 Å². The Bertz CT molecular complexity index is 1050. The first kappa shape index (κ1) is 13.3. The number of nitrogens with zero attached hydrogens (tertiary/aromatic N) is 2. The minimum atomic E-state index is -2.71. The van der Waals surface area contributed by atoms with Gasteiger partial charge in [0.15, 0.2) is 5.71 Å². The van der Waals surface area contributed by atoms with Crippen LogP contribution in [0.2, 0.25) is 0 Å². The molecule has 7 heteroatoms. The predicted octanol–water partition coefficient (Wildman–Crippen LogP) is 2.62. The van der Waals surface area contributed by atoms with E-state index in [1.807, 2.05) is 7.05 Å². The molecule has 2 aromatic carbocycles. The largest absolute Gasteiger partial charge is 0.496 e. The van der Waals surface area contributed by atoms with Gasteiger partial charge in [0.2, 0.25) is 0 Å². The molecule has 134 valence electrons. The van der Waals surface area contributed by atoms with Crippen molar-refractivity contribution < 1.29 is 23.2 Å². The van der Waals surface area contributed by atoms with E-state index >= 15 is 0 Å². The quantitative estimate of drug-likeness (QED) is 0.637. The van der Waals surface area contributed by atoms with Gasteiger partial charge in [-0.1, -0.05) is 5.16 Å². The second kappa shape index (κ2) is 6.10. The maximum absolute atomic E-state index is 14.1. The van der Waals surface area contributed by atoms with Gasteiger partial charge in [0, 0.05) is 24.2 Å². The zero-order chi connectivity index (χ0) is 20.9. The molecule has 2 N–H and O–H groups in total. The Kier molecular flexibility index (Phi) is 3.12. The van der Waals surface area contributed by atoms with Crippen LogP contribution in [0, 0.1) is 5.82 Å². The van der Waals surface area contributed by atoms with Crippen molar-refractivity contribution in [3.8, 4) is 16.9 Å². The Morgan fingerprint density at radius 2 is 2.15 bits per heavy atom. The number of nitrogens with one attached hydrogen (secondary N) is 1. The molecular weight excluding hydrogens is 337 g/mol. The number of hydrogen-bond acceptors (Lipinski definition) is 5. The highest BCUT2D eigenvalue weighted by atomic mass is 19.1. The minimum absolute atomic E-state index is 0.00671. The lowest BCUT2D eigenvalue weighted by Crippen LogP contribution is -2.28. The summed E-state index contributed by atoms with van der Waals surface area (Å²) in [6.45, 7) is 1.26. The fourth-order valence-electron chi connectivity index (χ4n) is 3.66. The number of rotatable bonds is 2. The molecular formula is C19H18FN3O3. The molecule has 2 aliphatic rings. The van der Waals surface area contributed by atoms with Gasteiger partial charge in [-0.15, -0.1) is 0 Å². The molecule has 0 saturated heterocycles. The first-order valence-corrected chi connectivity index (χ1v) is 8.08. The summed E-state index contributed by atoms with van der Waals surface area (Å²) in [5, 5.41) is 15.2. The van der Waals surface area contributed by atoms with Crippen LogP contribution in [-0.2, 0) is 17.8 Å². The van der Waals surface area contributed by atoms with Gasteiger partial charge in [-0.3, -0.25) is 4.79 Å². The molecule has 0 fully saturated rings. The van der Waals surface area contributed by atoms with Crippen LogP contribution in [0.25, 0.3) is 11.1 Å². The summed E-state index contributed by atoms with van der Waals surface area (Å²) in [6, 6.07) is 5.23. The van der Waals surface area contributed by atoms with Crippen molar-refractivity contribution in [2.45, 2.75) is 13.0 Å². The average Bonchev–Trinajstić information content (AvgIpc) is 2.96. The predicted molar refractivity (Wildman–Crippen MR) is 95.4 cm³/mol. The van der Waals surface area contributed by atoms with Crippen molar-refractivity contribution >= 4 is 17.3 Å². The van der Waals surface area contributed by atoms with Crippen molar-refractivity contribution in [1.29, 1.82) is 0 Å². The summed E-state index contributed by atoms with van der Waals surface area (Å²) in [4.78, 5) is 14.3. The Balaban J connectivity index is 1.99. The molecule has 0 saturated carbocycles. The standard InChI is InChI=1S/C19H18FN3O3/c1-23-6-5-11-12(13-7-10(20)3-4-16(13)26-2)8-14-17(15(11)9-23)21-19(24)18(14)22-25/h3-4,7-8,25H,5-6,9H2,1-2H3,(H,21,22,24)/i2T3. The number of likely N-dealkylation sites (N-methyl/N-ethyl adjacent to an activating group) is 1. The Morgan fingerprint density at radius 1 is 1.31 bits per heavy atom. The molecule has 0 aliphatic carbocycles. The summed E-state index contributed by atoms with van der Waals surface area (Å²) >= 11 is 0. The van der Waals surface area contributed by atoms with Crippen molar-refractivity contribution in [1.82, 2.24) is 4.90 Å². The van der Waals surface area contributed by atoms with Gasteiger partial charge < -0.3 is 20.2 Å². The summed E-state index contributed by atoms with van der Waals surface area (Å²) in [5.41, 5.74) is 3.29. The minimum Gasteiger partial charge on any atom is -0.496 e. The summed E-state index contributed by atoms with van der Waals surface area (Å²) in [5.74, 6) is -1.08. The highest BCUT2D eigenvalue weighted by molar-refractivity contribution is 6.54. The number of methoxy groups -OCH3 is 1. The highest BCUT2D eigenvalue weighted by Crippen LogP contribution is 2.42. The normalized spacial score (nSPS) is 20.0. The molecule has 0 atom stereocenters. The number of hydrogen-bond donors (Lipinski definition) is 2. The monoisotopic (exact) mass is 361 g/mol. The average molecular weight is 361 g/mol. The molecule has 1 amide bonds. The topological polar surface area (TPSA) is 74.2 Å². The Hall–Kier alpha value is -2.93. The van der Waals surface area contributed by atoms with Crippen molar-refractivity contribution in [3.05, 3.63) is 46.8 Å². The highest BCUT2D eigenvalue weighted by Gasteiger charge is 2.33. The Morgan fingerprint density at radius 3 is 2.92 bits per heavy atom. The Labute approximate surface area is 154 Å². The zero-order valence-corrected chi connectivity index (χ0v) is 14.0. The van der Waals surface area contributed by atoms with Crippen LogP contribution < -0.4 is 10.1 Å². The van der Waals surface area contributed by atoms with Gasteiger partial charge in [-0.2, -0.15) is 0 Å². The van der Waals surface area contributed by atoms with Gasteiger partial charge in [0.05, 0.1) is 16.8 Å². The number of amides is 1. The van der Waals surface area contributed by atoms with E-state index in [1.165, 1.54) is 12.1 Å². The number of fused-ring (bicyclic) bond motifs is 3. The molecule has 2 aromatic rings. The number of carbonyl (C=O) groups is 1. The third-order valence-electron chi connectivity index (χ3n) is 4.87. The second-order valence-corrected chi connectivity index (χ2v) is 6.44. The zero-order valence-electron chi connectivity index (χ0n) is 17.0. The second-order valence-electron chi connectivity index (χ2n) is 6.44. The third-order valence-corrected chi connectivity index (χ3v) is 4.87. The van der Waals surface area contributed by atoms with E-state index in [1.54, 1.807) is 6.07 Å². The van der Waals surface area contributed by atoms with Crippen LogP contribution in [0.4, 0.5) is 10.1 Å². The molecule has 0 spiro atoms. The fourth-order valence-corrected chi connectivity index (χ4v) is 3.66. The van der Waals surface area contributed by atoms with E-state index < -0.39 is 18.8 Å². The first-order chi connectivity index (χ1) is 13.7. The van der Waals surface area contributed by atoms with Crippen molar-refractivity contribution in [3.63, 3.8) is 0 Å². The number of anilines is 1. The van der Waals surface area contributed by atoms with Crippen molar-refractivity contribution in [2.24, 2.45) is 5.16 Å². The van der Waals surface area contributed by atoms with Crippen molar-refractivity contribution in [2.75, 3.05) is 25.9 Å². The van der Waals surface area contributed by atoms with Gasteiger partial charge in [-0.05, 0) is 54.4 Å². The summed E-state index contributed by atoms with van der Waals surface area (Å²) < 4.78 is 41.4. The number of benzene rings is 2. The lowest BCUT2D eigenvalue weighted by molar-refractivity contribution is -0.110. The summed E-state index contributed by atoms with van der Waals surface area (Å²) in [6.07, 6.45) is 0.611. The molecule has 0 unspecified atom stereocenters. The molecule has 0 bridgehead atoms. The van der Waals surface area contributed by atoms with Crippen LogP contribution in [0.1, 0.15) is 20.8 Å².